The summed E-state index contributed by atoms with van der Waals surface area (Å²) in [5.74, 6) is 0. The standard InChI is InChI=1S/C67H80N2Si2/c1-63(2,3)45-23-31-49(32-24-45)68(50-33-25-46(26-34-50)64(4,5)6)53-39-41-57-59(43-53)55-21-19-20-22-56(55)61-58-42-40-54(44-60(58)67(62(57)61,70(13,14)15)71(16,17)18)69(51-35-27-47(28-36-51)65(7,8)9)52-37-29-48(30-38-52)66(10,11)12/h19-44H,1-18H3. The molecule has 0 aromatic heterocycles. The van der Waals surface area contributed by atoms with E-state index >= 15 is 0 Å². The molecule has 0 saturated carbocycles. The first kappa shape index (κ1) is 50.3. The summed E-state index contributed by atoms with van der Waals surface area (Å²) >= 11 is 0. The van der Waals surface area contributed by atoms with E-state index in [1.54, 1.807) is 5.56 Å². The number of hydrogen-bond donors (Lipinski definition) is 0. The van der Waals surface area contributed by atoms with Crippen LogP contribution in [0.2, 0.25) is 39.3 Å². The van der Waals surface area contributed by atoms with Gasteiger partial charge in [0.2, 0.25) is 0 Å². The first-order valence-electron chi connectivity index (χ1n) is 26.2. The van der Waals surface area contributed by atoms with Crippen LogP contribution in [0.15, 0.2) is 158 Å². The van der Waals surface area contributed by atoms with Crippen molar-refractivity contribution in [3.05, 3.63) is 191 Å². The first-order chi connectivity index (χ1) is 33.0. The number of fused-ring (bicyclic) bond motifs is 8. The number of nitrogens with zero attached hydrogens (tertiary/aromatic N) is 2. The van der Waals surface area contributed by atoms with E-state index in [1.807, 2.05) is 0 Å². The van der Waals surface area contributed by atoms with Crippen LogP contribution in [0.25, 0.3) is 32.7 Å². The maximum atomic E-state index is 2.66. The third kappa shape index (κ3) is 8.71. The molecule has 2 nitrogen and oxygen atoms in total. The van der Waals surface area contributed by atoms with Gasteiger partial charge < -0.3 is 9.80 Å². The van der Waals surface area contributed by atoms with Gasteiger partial charge in [0, 0.05) is 38.8 Å². The molecule has 9 rings (SSSR count). The fourth-order valence-electron chi connectivity index (χ4n) is 12.3. The number of benzene rings is 8. The highest BCUT2D eigenvalue weighted by Crippen LogP contribution is 2.62. The Morgan fingerprint density at radius 2 is 0.648 bits per heavy atom. The lowest BCUT2D eigenvalue weighted by atomic mass is 9.86. The molecule has 0 amide bonds. The van der Waals surface area contributed by atoms with Gasteiger partial charge in [-0.05, 0) is 161 Å². The SMILES string of the molecule is CC(C)(C)c1ccc(N(c2ccc(C(C)(C)C)cc2)c2ccc3c(c2)C([Si](C)(C)C)([Si](C)(C)C)c2c-3c3ccccc3c3cc(N(c4ccc(C(C)(C)C)cc4)c4ccc(C(C)(C)C)cc4)ccc23)cc1. The number of rotatable bonds is 8. The molecule has 8 aromatic rings. The zero-order valence-electron chi connectivity index (χ0n) is 46.4. The summed E-state index contributed by atoms with van der Waals surface area (Å²) in [6.45, 7) is 43.5. The van der Waals surface area contributed by atoms with Crippen molar-refractivity contribution < 1.29 is 0 Å². The Morgan fingerprint density at radius 1 is 0.324 bits per heavy atom. The highest BCUT2D eigenvalue weighted by molar-refractivity contribution is 7.00. The van der Waals surface area contributed by atoms with Crippen molar-refractivity contribution in [3.8, 4) is 11.1 Å². The van der Waals surface area contributed by atoms with E-state index in [2.05, 4.69) is 290 Å². The normalized spacial score (nSPS) is 14.2. The molecule has 366 valence electrons. The van der Waals surface area contributed by atoms with E-state index in [4.69, 9.17) is 0 Å². The topological polar surface area (TPSA) is 6.48 Å². The lowest BCUT2D eigenvalue weighted by Crippen LogP contribution is -2.63. The van der Waals surface area contributed by atoms with Gasteiger partial charge in [0.15, 0.2) is 0 Å². The molecule has 8 aromatic carbocycles. The Kier molecular flexibility index (Phi) is 12.2. The quantitative estimate of drug-likeness (QED) is 0.111. The Bertz CT molecular complexity index is 3130. The van der Waals surface area contributed by atoms with Crippen molar-refractivity contribution in [2.45, 2.75) is 149 Å². The Morgan fingerprint density at radius 3 is 1.00 bits per heavy atom. The van der Waals surface area contributed by atoms with Gasteiger partial charge in [0.25, 0.3) is 0 Å². The minimum atomic E-state index is -2.14. The number of hydrogen-bond acceptors (Lipinski definition) is 2. The van der Waals surface area contributed by atoms with Gasteiger partial charge in [0.1, 0.15) is 0 Å². The summed E-state index contributed by atoms with van der Waals surface area (Å²) in [5.41, 5.74) is 18.6. The van der Waals surface area contributed by atoms with E-state index in [0.717, 1.165) is 11.4 Å². The third-order valence-electron chi connectivity index (χ3n) is 15.8. The molecular formula is C67H80N2Si2. The fraction of sp³-hybridized carbons (Fsp3) is 0.343. The van der Waals surface area contributed by atoms with Crippen molar-refractivity contribution in [2.75, 3.05) is 9.80 Å². The van der Waals surface area contributed by atoms with Crippen molar-refractivity contribution in [3.63, 3.8) is 0 Å². The summed E-state index contributed by atoms with van der Waals surface area (Å²) < 4.78 is -0.117. The molecule has 1 aliphatic rings. The minimum Gasteiger partial charge on any atom is -0.310 e. The first-order valence-corrected chi connectivity index (χ1v) is 33.2. The summed E-state index contributed by atoms with van der Waals surface area (Å²) in [6.07, 6.45) is 0. The largest absolute Gasteiger partial charge is 0.310 e. The van der Waals surface area contributed by atoms with Crippen LogP contribution in [0.4, 0.5) is 34.1 Å². The maximum absolute atomic E-state index is 2.66. The van der Waals surface area contributed by atoms with Gasteiger partial charge in [-0.15, -0.1) is 0 Å². The van der Waals surface area contributed by atoms with E-state index in [1.165, 1.54) is 83.2 Å². The van der Waals surface area contributed by atoms with Crippen LogP contribution in [0.3, 0.4) is 0 Å². The van der Waals surface area contributed by atoms with Crippen LogP contribution in [0.5, 0.6) is 0 Å². The van der Waals surface area contributed by atoms with Crippen molar-refractivity contribution >= 4 is 71.8 Å². The van der Waals surface area contributed by atoms with Crippen LogP contribution in [0.1, 0.15) is 116 Å². The second-order valence-electron chi connectivity index (χ2n) is 26.9. The average molecular weight is 970 g/mol. The fourth-order valence-corrected chi connectivity index (χ4v) is 25.4. The molecule has 0 aliphatic heterocycles. The van der Waals surface area contributed by atoms with E-state index in [-0.39, 0.29) is 26.3 Å². The monoisotopic (exact) mass is 969 g/mol. The molecule has 71 heavy (non-hydrogen) atoms. The summed E-state index contributed by atoms with van der Waals surface area (Å²) in [4.78, 5) is 4.99. The Labute approximate surface area is 430 Å². The molecule has 1 aliphatic carbocycles. The number of anilines is 6. The van der Waals surface area contributed by atoms with Crippen LogP contribution in [-0.2, 0) is 26.3 Å². The molecule has 0 radical (unpaired) electrons. The second-order valence-corrected chi connectivity index (χ2v) is 37.9. The van der Waals surface area contributed by atoms with Gasteiger partial charge in [-0.1, -0.05) is 207 Å². The smallest absolute Gasteiger partial charge is 0.0579 e. The van der Waals surface area contributed by atoms with E-state index < -0.39 is 16.1 Å². The van der Waals surface area contributed by atoms with Gasteiger partial charge in [-0.3, -0.25) is 0 Å². The highest BCUT2D eigenvalue weighted by atomic mass is 28.4. The molecule has 0 fully saturated rings. The molecule has 0 saturated heterocycles. The summed E-state index contributed by atoms with van der Waals surface area (Å²) in [7, 11) is -4.28. The van der Waals surface area contributed by atoms with Crippen LogP contribution in [-0.4, -0.2) is 16.1 Å². The predicted molar refractivity (Wildman–Crippen MR) is 319 cm³/mol. The van der Waals surface area contributed by atoms with Crippen molar-refractivity contribution in [1.82, 2.24) is 0 Å². The molecule has 0 unspecified atom stereocenters. The maximum Gasteiger partial charge on any atom is 0.0579 e. The zero-order valence-corrected chi connectivity index (χ0v) is 48.4. The Hall–Kier alpha value is -5.69. The second kappa shape index (κ2) is 17.2. The van der Waals surface area contributed by atoms with Crippen LogP contribution in [0, 0.1) is 0 Å². The zero-order chi connectivity index (χ0) is 51.4. The van der Waals surface area contributed by atoms with Gasteiger partial charge >= 0.3 is 0 Å². The predicted octanol–water partition coefficient (Wildman–Crippen LogP) is 20.1. The van der Waals surface area contributed by atoms with E-state index in [9.17, 15) is 0 Å². The van der Waals surface area contributed by atoms with Gasteiger partial charge in [-0.2, -0.15) is 0 Å². The lowest BCUT2D eigenvalue weighted by molar-refractivity contribution is 0.590. The summed E-state index contributed by atoms with van der Waals surface area (Å²) in [6, 6.07) is 61.5. The molecule has 0 spiro atoms. The molecule has 0 bridgehead atoms. The van der Waals surface area contributed by atoms with Crippen molar-refractivity contribution in [1.29, 1.82) is 0 Å². The lowest BCUT2D eigenvalue weighted by Gasteiger charge is -2.52. The molecule has 0 atom stereocenters. The third-order valence-corrected chi connectivity index (χ3v) is 25.8. The highest BCUT2D eigenvalue weighted by Gasteiger charge is 2.60. The average Bonchev–Trinajstić information content (AvgIpc) is 3.62. The van der Waals surface area contributed by atoms with Gasteiger partial charge in [-0.25, -0.2) is 0 Å². The Balaban J connectivity index is 1.31. The molecule has 0 N–H and O–H groups in total. The molecule has 4 heteroatoms. The van der Waals surface area contributed by atoms with Crippen molar-refractivity contribution in [2.24, 2.45) is 0 Å². The van der Waals surface area contributed by atoms with Gasteiger partial charge in [0.05, 0.1) is 16.1 Å². The summed E-state index contributed by atoms with van der Waals surface area (Å²) in [5, 5.41) is 5.38. The van der Waals surface area contributed by atoms with Crippen LogP contribution >= 0.6 is 0 Å². The molecule has 0 heterocycles. The molecular weight excluding hydrogens is 889 g/mol. The minimum absolute atomic E-state index is 0.0607. The van der Waals surface area contributed by atoms with E-state index in [0.29, 0.717) is 0 Å². The van der Waals surface area contributed by atoms with Crippen LogP contribution < -0.4 is 9.80 Å².